The van der Waals surface area contributed by atoms with Crippen LogP contribution >= 0.6 is 0 Å². The van der Waals surface area contributed by atoms with E-state index >= 15 is 0 Å². The van der Waals surface area contributed by atoms with Gasteiger partial charge in [-0.25, -0.2) is 4.39 Å². The summed E-state index contributed by atoms with van der Waals surface area (Å²) in [7, 11) is 2.92. The van der Waals surface area contributed by atoms with Crippen molar-refractivity contribution >= 4 is 6.29 Å². The Kier molecular flexibility index (Phi) is 4.92. The zero-order valence-corrected chi connectivity index (χ0v) is 9.46. The molecular weight excluding hydrogens is 211 g/mol. The van der Waals surface area contributed by atoms with Gasteiger partial charge in [0.15, 0.2) is 11.6 Å². The molecule has 0 spiro atoms. The molecule has 0 saturated heterocycles. The number of aryl methyl sites for hydroxylation is 1. The highest BCUT2D eigenvalue weighted by atomic mass is 19.1. The second-order valence-corrected chi connectivity index (χ2v) is 3.37. The highest BCUT2D eigenvalue weighted by Gasteiger charge is 2.13. The van der Waals surface area contributed by atoms with Crippen LogP contribution in [-0.2, 0) is 22.6 Å². The van der Waals surface area contributed by atoms with Crippen LogP contribution in [0, 0.1) is 5.82 Å². The number of methoxy groups -OCH3 is 2. The van der Waals surface area contributed by atoms with Crippen molar-refractivity contribution in [2.24, 2.45) is 0 Å². The lowest BCUT2D eigenvalue weighted by atomic mass is 10.1. The molecule has 0 amide bonds. The van der Waals surface area contributed by atoms with Gasteiger partial charge in [0.25, 0.3) is 0 Å². The van der Waals surface area contributed by atoms with Gasteiger partial charge in [0.05, 0.1) is 13.7 Å². The number of rotatable bonds is 6. The minimum absolute atomic E-state index is 0.205. The molecule has 4 heteroatoms. The molecule has 0 bridgehead atoms. The Labute approximate surface area is 94.2 Å². The van der Waals surface area contributed by atoms with E-state index in [-0.39, 0.29) is 12.4 Å². The summed E-state index contributed by atoms with van der Waals surface area (Å²) in [6.45, 7) is 0.205. The zero-order valence-electron chi connectivity index (χ0n) is 9.46. The van der Waals surface area contributed by atoms with Gasteiger partial charge in [-0.2, -0.15) is 0 Å². The van der Waals surface area contributed by atoms with E-state index in [1.807, 2.05) is 0 Å². The third-order valence-corrected chi connectivity index (χ3v) is 2.29. The zero-order chi connectivity index (χ0) is 12.0. The second-order valence-electron chi connectivity index (χ2n) is 3.37. The highest BCUT2D eigenvalue weighted by Crippen LogP contribution is 2.26. The van der Waals surface area contributed by atoms with Crippen molar-refractivity contribution in [2.45, 2.75) is 19.4 Å². The first-order valence-electron chi connectivity index (χ1n) is 5.01. The fraction of sp³-hybridized carbons (Fsp3) is 0.417. The van der Waals surface area contributed by atoms with Crippen molar-refractivity contribution in [3.05, 3.63) is 29.1 Å². The van der Waals surface area contributed by atoms with Crippen molar-refractivity contribution in [1.29, 1.82) is 0 Å². The molecule has 1 aromatic carbocycles. The van der Waals surface area contributed by atoms with Gasteiger partial charge >= 0.3 is 0 Å². The summed E-state index contributed by atoms with van der Waals surface area (Å²) >= 11 is 0. The molecule has 0 fully saturated rings. The lowest BCUT2D eigenvalue weighted by Gasteiger charge is -2.11. The van der Waals surface area contributed by atoms with Crippen molar-refractivity contribution < 1.29 is 18.7 Å². The molecule has 0 N–H and O–H groups in total. The molecule has 0 heterocycles. The summed E-state index contributed by atoms with van der Waals surface area (Å²) in [4.78, 5) is 10.3. The summed E-state index contributed by atoms with van der Waals surface area (Å²) < 4.78 is 23.7. The summed E-state index contributed by atoms with van der Waals surface area (Å²) in [6.07, 6.45) is 1.65. The molecule has 88 valence electrons. The molecule has 16 heavy (non-hydrogen) atoms. The van der Waals surface area contributed by atoms with Gasteiger partial charge in [0.1, 0.15) is 6.29 Å². The molecule has 0 atom stereocenters. The monoisotopic (exact) mass is 226 g/mol. The standard InChI is InChI=1S/C12H15FO3/c1-15-8-10-6-5-9(4-3-7-14)12(16-2)11(10)13/h5-7H,3-4,8H2,1-2H3. The highest BCUT2D eigenvalue weighted by molar-refractivity contribution is 5.51. The molecule has 0 aliphatic carbocycles. The lowest BCUT2D eigenvalue weighted by molar-refractivity contribution is -0.107. The fourth-order valence-electron chi connectivity index (χ4n) is 1.54. The van der Waals surface area contributed by atoms with Crippen molar-refractivity contribution in [2.75, 3.05) is 14.2 Å². The number of hydrogen-bond acceptors (Lipinski definition) is 3. The van der Waals surface area contributed by atoms with E-state index in [2.05, 4.69) is 0 Å². The smallest absolute Gasteiger partial charge is 0.170 e. The number of halogens is 1. The van der Waals surface area contributed by atoms with Gasteiger partial charge in [-0.05, 0) is 12.0 Å². The Morgan fingerprint density at radius 3 is 2.56 bits per heavy atom. The number of aldehydes is 1. The van der Waals surface area contributed by atoms with Gasteiger partial charge < -0.3 is 14.3 Å². The first-order chi connectivity index (χ1) is 7.74. The Morgan fingerprint density at radius 1 is 1.31 bits per heavy atom. The topological polar surface area (TPSA) is 35.5 Å². The molecule has 0 aromatic heterocycles. The van der Waals surface area contributed by atoms with Crippen molar-refractivity contribution in [3.63, 3.8) is 0 Å². The van der Waals surface area contributed by atoms with Crippen molar-refractivity contribution in [1.82, 2.24) is 0 Å². The number of hydrogen-bond donors (Lipinski definition) is 0. The molecule has 0 unspecified atom stereocenters. The molecular formula is C12H15FO3. The van der Waals surface area contributed by atoms with E-state index in [9.17, 15) is 9.18 Å². The molecule has 1 rings (SSSR count). The Hall–Kier alpha value is -1.42. The number of ether oxygens (including phenoxy) is 2. The molecule has 1 aromatic rings. The van der Waals surface area contributed by atoms with Crippen LogP contribution in [0.2, 0.25) is 0 Å². The molecule has 3 nitrogen and oxygen atoms in total. The van der Waals surface area contributed by atoms with Gasteiger partial charge in [0.2, 0.25) is 0 Å². The quantitative estimate of drug-likeness (QED) is 0.697. The Morgan fingerprint density at radius 2 is 2.00 bits per heavy atom. The summed E-state index contributed by atoms with van der Waals surface area (Å²) in [5.74, 6) is -0.204. The van der Waals surface area contributed by atoms with E-state index in [0.717, 1.165) is 6.29 Å². The van der Waals surface area contributed by atoms with E-state index in [4.69, 9.17) is 9.47 Å². The molecule has 0 aliphatic rings. The average molecular weight is 226 g/mol. The lowest BCUT2D eigenvalue weighted by Crippen LogP contribution is -2.01. The summed E-state index contributed by atoms with van der Waals surface area (Å²) in [5, 5.41) is 0. The normalized spacial score (nSPS) is 10.2. The fourth-order valence-corrected chi connectivity index (χ4v) is 1.54. The van der Waals surface area contributed by atoms with E-state index < -0.39 is 5.82 Å². The van der Waals surface area contributed by atoms with Crippen LogP contribution in [0.5, 0.6) is 5.75 Å². The first kappa shape index (κ1) is 12.6. The molecule has 0 aliphatic heterocycles. The van der Waals surface area contributed by atoms with Crippen LogP contribution in [-0.4, -0.2) is 20.5 Å². The van der Waals surface area contributed by atoms with Crippen LogP contribution in [0.15, 0.2) is 12.1 Å². The minimum Gasteiger partial charge on any atom is -0.493 e. The number of benzene rings is 1. The summed E-state index contributed by atoms with van der Waals surface area (Å²) in [5.41, 5.74) is 1.15. The predicted octanol–water partition coefficient (Wildman–Crippen LogP) is 2.11. The Balaban J connectivity index is 3.02. The molecule has 0 radical (unpaired) electrons. The second kappa shape index (κ2) is 6.23. The minimum atomic E-state index is -0.409. The largest absolute Gasteiger partial charge is 0.493 e. The third kappa shape index (κ3) is 2.79. The third-order valence-electron chi connectivity index (χ3n) is 2.29. The van der Waals surface area contributed by atoms with Crippen LogP contribution in [0.3, 0.4) is 0 Å². The van der Waals surface area contributed by atoms with E-state index in [1.165, 1.54) is 14.2 Å². The maximum Gasteiger partial charge on any atom is 0.170 e. The van der Waals surface area contributed by atoms with Gasteiger partial charge in [0, 0.05) is 19.1 Å². The number of carbonyl (C=O) groups excluding carboxylic acids is 1. The average Bonchev–Trinajstić information content (AvgIpc) is 2.30. The van der Waals surface area contributed by atoms with Gasteiger partial charge in [-0.3, -0.25) is 0 Å². The molecule has 0 saturated carbocycles. The van der Waals surface area contributed by atoms with E-state index in [1.54, 1.807) is 12.1 Å². The van der Waals surface area contributed by atoms with Crippen molar-refractivity contribution in [3.8, 4) is 5.75 Å². The van der Waals surface area contributed by atoms with Gasteiger partial charge in [-0.1, -0.05) is 12.1 Å². The first-order valence-corrected chi connectivity index (χ1v) is 5.01. The SMILES string of the molecule is COCc1ccc(CCC=O)c(OC)c1F. The van der Waals surface area contributed by atoms with Crippen LogP contribution in [0.1, 0.15) is 17.5 Å². The number of carbonyl (C=O) groups is 1. The predicted molar refractivity (Wildman–Crippen MR) is 58.1 cm³/mol. The van der Waals surface area contributed by atoms with Crippen LogP contribution in [0.25, 0.3) is 0 Å². The van der Waals surface area contributed by atoms with Gasteiger partial charge in [-0.15, -0.1) is 0 Å². The maximum absolute atomic E-state index is 13.9. The summed E-state index contributed by atoms with van der Waals surface area (Å²) in [6, 6.07) is 3.42. The van der Waals surface area contributed by atoms with E-state index in [0.29, 0.717) is 24.0 Å². The van der Waals surface area contributed by atoms with Crippen LogP contribution < -0.4 is 4.74 Å². The van der Waals surface area contributed by atoms with Crippen LogP contribution in [0.4, 0.5) is 4.39 Å². The Bertz CT molecular complexity index is 364. The maximum atomic E-state index is 13.9.